The molecule has 25 heavy (non-hydrogen) atoms. The van der Waals surface area contributed by atoms with E-state index in [-0.39, 0.29) is 16.0 Å². The predicted octanol–water partition coefficient (Wildman–Crippen LogP) is 0.409. The Bertz CT molecular complexity index is 590. The van der Waals surface area contributed by atoms with Crippen LogP contribution in [-0.2, 0) is 10.2 Å². The Labute approximate surface area is 156 Å². The van der Waals surface area contributed by atoms with Crippen LogP contribution in [0.2, 0.25) is 0 Å². The standard InChI is InChI=1S/C20H31N3OS/c1-15-18(24)23(14-13-22-11-9-21-10-12-22)19(25-15)16-5-7-17(8-6-16)20(2,3)4/h5-8,15,19,21H,9-14H2,1-4H3/p+2/t15-,19+/m1/s1. The van der Waals surface area contributed by atoms with Crippen molar-refractivity contribution in [2.24, 2.45) is 0 Å². The molecule has 0 unspecified atom stereocenters. The zero-order valence-corrected chi connectivity index (χ0v) is 16.9. The first-order valence-corrected chi connectivity index (χ1v) is 10.5. The minimum Gasteiger partial charge on any atom is -0.337 e. The van der Waals surface area contributed by atoms with E-state index in [1.165, 1.54) is 37.3 Å². The molecule has 2 atom stereocenters. The topological polar surface area (TPSA) is 41.4 Å². The lowest BCUT2D eigenvalue weighted by atomic mass is 9.86. The van der Waals surface area contributed by atoms with Gasteiger partial charge in [0.05, 0.1) is 18.3 Å². The van der Waals surface area contributed by atoms with E-state index in [0.29, 0.717) is 5.91 Å². The Hall–Kier alpha value is -1.04. The fourth-order valence-corrected chi connectivity index (χ4v) is 5.03. The number of piperazine rings is 1. The van der Waals surface area contributed by atoms with Gasteiger partial charge in [-0.05, 0) is 23.5 Å². The predicted molar refractivity (Wildman–Crippen MR) is 104 cm³/mol. The van der Waals surface area contributed by atoms with Gasteiger partial charge in [0.2, 0.25) is 5.91 Å². The van der Waals surface area contributed by atoms with Gasteiger partial charge in [0.1, 0.15) is 31.6 Å². The van der Waals surface area contributed by atoms with Crippen molar-refractivity contribution in [1.82, 2.24) is 4.90 Å². The molecule has 0 bridgehead atoms. The number of thioether (sulfide) groups is 1. The van der Waals surface area contributed by atoms with Crippen LogP contribution in [0.15, 0.2) is 24.3 Å². The summed E-state index contributed by atoms with van der Waals surface area (Å²) in [6.07, 6.45) is 0. The zero-order chi connectivity index (χ0) is 18.0. The lowest BCUT2D eigenvalue weighted by molar-refractivity contribution is -0.946. The highest BCUT2D eigenvalue weighted by atomic mass is 32.2. The van der Waals surface area contributed by atoms with Crippen LogP contribution in [-0.4, -0.2) is 55.3 Å². The van der Waals surface area contributed by atoms with Crippen molar-refractivity contribution in [3.05, 3.63) is 35.4 Å². The van der Waals surface area contributed by atoms with Crippen LogP contribution >= 0.6 is 11.8 Å². The van der Waals surface area contributed by atoms with Gasteiger partial charge < -0.3 is 15.1 Å². The molecule has 2 aliphatic rings. The molecule has 2 aliphatic heterocycles. The maximum absolute atomic E-state index is 12.7. The summed E-state index contributed by atoms with van der Waals surface area (Å²) in [4.78, 5) is 16.4. The number of carbonyl (C=O) groups is 1. The molecular weight excluding hydrogens is 330 g/mol. The summed E-state index contributed by atoms with van der Waals surface area (Å²) in [6, 6.07) is 8.90. The third-order valence-electron chi connectivity index (χ3n) is 5.42. The third kappa shape index (κ3) is 4.39. The van der Waals surface area contributed by atoms with Gasteiger partial charge in [-0.15, -0.1) is 11.8 Å². The van der Waals surface area contributed by atoms with Crippen molar-refractivity contribution in [2.45, 2.75) is 43.7 Å². The van der Waals surface area contributed by atoms with E-state index >= 15 is 0 Å². The summed E-state index contributed by atoms with van der Waals surface area (Å²) in [6.45, 7) is 15.6. The fraction of sp³-hybridized carbons (Fsp3) is 0.650. The van der Waals surface area contributed by atoms with Gasteiger partial charge in [0.25, 0.3) is 0 Å². The molecule has 2 saturated heterocycles. The summed E-state index contributed by atoms with van der Waals surface area (Å²) in [5.74, 6) is 0.304. The lowest BCUT2D eigenvalue weighted by Gasteiger charge is -2.28. The van der Waals surface area contributed by atoms with Gasteiger partial charge in [0.15, 0.2) is 0 Å². The molecule has 0 radical (unpaired) electrons. The van der Waals surface area contributed by atoms with Gasteiger partial charge in [-0.3, -0.25) is 4.79 Å². The molecule has 0 saturated carbocycles. The van der Waals surface area contributed by atoms with Crippen molar-refractivity contribution in [1.29, 1.82) is 0 Å². The first-order valence-electron chi connectivity index (χ1n) is 9.58. The van der Waals surface area contributed by atoms with E-state index in [2.05, 4.69) is 55.3 Å². The molecule has 3 N–H and O–H groups in total. The largest absolute Gasteiger partial charge is 0.337 e. The quantitative estimate of drug-likeness (QED) is 0.814. The molecule has 1 amide bonds. The number of amides is 1. The Morgan fingerprint density at radius 3 is 2.44 bits per heavy atom. The first-order chi connectivity index (χ1) is 11.9. The van der Waals surface area contributed by atoms with Gasteiger partial charge in [-0.2, -0.15) is 0 Å². The van der Waals surface area contributed by atoms with E-state index in [1.54, 1.807) is 16.7 Å². The number of benzene rings is 1. The van der Waals surface area contributed by atoms with Crippen molar-refractivity contribution in [3.63, 3.8) is 0 Å². The molecule has 3 rings (SSSR count). The normalized spacial score (nSPS) is 25.6. The van der Waals surface area contributed by atoms with Crippen molar-refractivity contribution in [3.8, 4) is 0 Å². The highest BCUT2D eigenvalue weighted by Gasteiger charge is 2.39. The molecule has 138 valence electrons. The second kappa shape index (κ2) is 7.68. The number of nitrogens with two attached hydrogens (primary N) is 1. The Kier molecular flexibility index (Phi) is 5.76. The number of nitrogens with zero attached hydrogens (tertiary/aromatic N) is 1. The molecule has 4 nitrogen and oxygen atoms in total. The van der Waals surface area contributed by atoms with Crippen molar-refractivity contribution < 1.29 is 15.0 Å². The molecule has 0 aromatic heterocycles. The maximum Gasteiger partial charge on any atom is 0.236 e. The summed E-state index contributed by atoms with van der Waals surface area (Å²) in [7, 11) is 0. The second-order valence-electron chi connectivity index (χ2n) is 8.40. The summed E-state index contributed by atoms with van der Waals surface area (Å²) in [5, 5.41) is 2.63. The number of nitrogens with one attached hydrogen (secondary N) is 1. The van der Waals surface area contributed by atoms with Crippen LogP contribution in [0, 0.1) is 0 Å². The van der Waals surface area contributed by atoms with Crippen LogP contribution in [0.3, 0.4) is 0 Å². The third-order valence-corrected chi connectivity index (χ3v) is 6.81. The Balaban J connectivity index is 1.70. The van der Waals surface area contributed by atoms with Gasteiger partial charge >= 0.3 is 0 Å². The second-order valence-corrected chi connectivity index (χ2v) is 9.83. The van der Waals surface area contributed by atoms with Crippen LogP contribution in [0.5, 0.6) is 0 Å². The van der Waals surface area contributed by atoms with Gasteiger partial charge in [-0.25, -0.2) is 0 Å². The van der Waals surface area contributed by atoms with E-state index in [1.807, 2.05) is 6.92 Å². The van der Waals surface area contributed by atoms with Gasteiger partial charge in [0, 0.05) is 0 Å². The minimum atomic E-state index is 0.0666. The fourth-order valence-electron chi connectivity index (χ4n) is 3.72. The molecule has 2 heterocycles. The highest BCUT2D eigenvalue weighted by molar-refractivity contribution is 8.01. The number of hydrogen-bond acceptors (Lipinski definition) is 2. The monoisotopic (exact) mass is 363 g/mol. The first kappa shape index (κ1) is 18.7. The van der Waals surface area contributed by atoms with E-state index < -0.39 is 0 Å². The maximum atomic E-state index is 12.7. The summed E-state index contributed by atoms with van der Waals surface area (Å²) >= 11 is 1.80. The number of quaternary nitrogens is 2. The molecule has 5 heteroatoms. The Morgan fingerprint density at radius 1 is 1.20 bits per heavy atom. The van der Waals surface area contributed by atoms with Crippen molar-refractivity contribution >= 4 is 17.7 Å². The summed E-state index contributed by atoms with van der Waals surface area (Å²) in [5.41, 5.74) is 2.77. The molecule has 0 aliphatic carbocycles. The summed E-state index contributed by atoms with van der Waals surface area (Å²) < 4.78 is 0. The van der Waals surface area contributed by atoms with E-state index in [4.69, 9.17) is 0 Å². The van der Waals surface area contributed by atoms with Crippen LogP contribution in [0.1, 0.15) is 44.2 Å². The number of hydrogen-bond donors (Lipinski definition) is 2. The minimum absolute atomic E-state index is 0.0666. The Morgan fingerprint density at radius 2 is 1.84 bits per heavy atom. The number of carbonyl (C=O) groups excluding carboxylic acids is 1. The van der Waals surface area contributed by atoms with Gasteiger partial charge in [-0.1, -0.05) is 45.0 Å². The van der Waals surface area contributed by atoms with Crippen LogP contribution in [0.4, 0.5) is 0 Å². The molecule has 0 spiro atoms. The molecule has 2 fully saturated rings. The van der Waals surface area contributed by atoms with Crippen LogP contribution < -0.4 is 10.2 Å². The van der Waals surface area contributed by atoms with Crippen LogP contribution in [0.25, 0.3) is 0 Å². The smallest absolute Gasteiger partial charge is 0.236 e. The van der Waals surface area contributed by atoms with E-state index in [9.17, 15) is 4.79 Å². The molecule has 1 aromatic rings. The zero-order valence-electron chi connectivity index (χ0n) is 16.0. The average Bonchev–Trinajstić information content (AvgIpc) is 2.88. The molecular formula is C20H33N3OS+2. The lowest BCUT2D eigenvalue weighted by Crippen LogP contribution is -3.20. The SMILES string of the molecule is C[C@H]1S[C@@H](c2ccc(C(C)(C)C)cc2)N(CC[NH+]2CC[NH2+]CC2)C1=O. The number of rotatable bonds is 4. The van der Waals surface area contributed by atoms with Crippen molar-refractivity contribution in [2.75, 3.05) is 39.3 Å². The average molecular weight is 364 g/mol. The highest BCUT2D eigenvalue weighted by Crippen LogP contribution is 2.42. The molecule has 1 aromatic carbocycles. The van der Waals surface area contributed by atoms with E-state index in [0.717, 1.165) is 13.1 Å².